The summed E-state index contributed by atoms with van der Waals surface area (Å²) in [6, 6.07) is 6.35. The summed E-state index contributed by atoms with van der Waals surface area (Å²) in [5.74, 6) is 2.84. The van der Waals surface area contributed by atoms with Gasteiger partial charge in [-0.25, -0.2) is 4.99 Å². The SMILES string of the molecule is CCNC(=NCc1ccc(C)cc1OCC1CC1)NCC1CCCC1O.I. The van der Waals surface area contributed by atoms with Crippen molar-refractivity contribution in [3.63, 3.8) is 0 Å². The van der Waals surface area contributed by atoms with Crippen LogP contribution in [0.3, 0.4) is 0 Å². The molecule has 6 heteroatoms. The normalized spacial score (nSPS) is 22.3. The number of benzene rings is 1. The van der Waals surface area contributed by atoms with Crippen molar-refractivity contribution in [1.82, 2.24) is 10.6 Å². The average molecular weight is 487 g/mol. The maximum Gasteiger partial charge on any atom is 0.191 e. The van der Waals surface area contributed by atoms with E-state index in [1.807, 2.05) is 0 Å². The number of guanidine groups is 1. The highest BCUT2D eigenvalue weighted by Gasteiger charge is 2.25. The molecule has 3 rings (SSSR count). The van der Waals surface area contributed by atoms with E-state index in [4.69, 9.17) is 9.73 Å². The number of aliphatic hydroxyl groups excluding tert-OH is 1. The molecular formula is C21H34IN3O2. The maximum atomic E-state index is 9.99. The van der Waals surface area contributed by atoms with Crippen LogP contribution < -0.4 is 15.4 Å². The minimum absolute atomic E-state index is 0. The zero-order valence-corrected chi connectivity index (χ0v) is 18.9. The predicted molar refractivity (Wildman–Crippen MR) is 121 cm³/mol. The number of aryl methyl sites for hydroxylation is 1. The van der Waals surface area contributed by atoms with Crippen LogP contribution >= 0.6 is 24.0 Å². The molecule has 0 spiro atoms. The van der Waals surface area contributed by atoms with Gasteiger partial charge in [0.15, 0.2) is 5.96 Å². The largest absolute Gasteiger partial charge is 0.493 e. The molecule has 0 bridgehead atoms. The number of halogens is 1. The van der Waals surface area contributed by atoms with Gasteiger partial charge in [0.1, 0.15) is 5.75 Å². The standard InChI is InChI=1S/C21H33N3O2.HI/c1-3-22-21(23-12-17-5-4-6-19(17)25)24-13-18-10-7-15(2)11-20(18)26-14-16-8-9-16;/h7,10-11,16-17,19,25H,3-6,8-9,12-14H2,1-2H3,(H2,22,23,24);1H. The molecule has 2 aliphatic carbocycles. The Balaban J connectivity index is 0.00000261. The van der Waals surface area contributed by atoms with Gasteiger partial charge < -0.3 is 20.5 Å². The van der Waals surface area contributed by atoms with Gasteiger partial charge in [0, 0.05) is 24.6 Å². The lowest BCUT2D eigenvalue weighted by Gasteiger charge is -2.18. The van der Waals surface area contributed by atoms with Gasteiger partial charge >= 0.3 is 0 Å². The van der Waals surface area contributed by atoms with Gasteiger partial charge in [-0.3, -0.25) is 0 Å². The topological polar surface area (TPSA) is 65.9 Å². The Morgan fingerprint density at radius 2 is 2.04 bits per heavy atom. The number of nitrogens with zero attached hydrogens (tertiary/aromatic N) is 1. The molecule has 0 amide bonds. The van der Waals surface area contributed by atoms with Crippen molar-refractivity contribution in [2.24, 2.45) is 16.8 Å². The first-order valence-electron chi connectivity index (χ1n) is 10.1. The van der Waals surface area contributed by atoms with Gasteiger partial charge in [-0.1, -0.05) is 18.6 Å². The van der Waals surface area contributed by atoms with Crippen molar-refractivity contribution < 1.29 is 9.84 Å². The number of hydrogen-bond donors (Lipinski definition) is 3. The first kappa shape index (κ1) is 22.3. The molecule has 2 atom stereocenters. The molecule has 27 heavy (non-hydrogen) atoms. The van der Waals surface area contributed by atoms with Gasteiger partial charge in [-0.05, 0) is 57.1 Å². The lowest BCUT2D eigenvalue weighted by molar-refractivity contribution is 0.134. The summed E-state index contributed by atoms with van der Waals surface area (Å²) in [4.78, 5) is 4.74. The zero-order valence-electron chi connectivity index (χ0n) is 16.5. The molecule has 5 nitrogen and oxygen atoms in total. The van der Waals surface area contributed by atoms with Crippen LogP contribution in [0.2, 0.25) is 0 Å². The van der Waals surface area contributed by atoms with Crippen LogP contribution in [-0.4, -0.2) is 36.9 Å². The lowest BCUT2D eigenvalue weighted by Crippen LogP contribution is -2.41. The van der Waals surface area contributed by atoms with E-state index in [0.717, 1.165) is 62.1 Å². The van der Waals surface area contributed by atoms with E-state index in [1.165, 1.54) is 18.4 Å². The third-order valence-corrected chi connectivity index (χ3v) is 5.30. The molecule has 152 valence electrons. The summed E-state index contributed by atoms with van der Waals surface area (Å²) in [7, 11) is 0. The second-order valence-corrected chi connectivity index (χ2v) is 7.70. The summed E-state index contributed by atoms with van der Waals surface area (Å²) in [6.45, 7) is 7.15. The van der Waals surface area contributed by atoms with E-state index in [2.05, 4.69) is 42.7 Å². The fraction of sp³-hybridized carbons (Fsp3) is 0.667. The van der Waals surface area contributed by atoms with Crippen LogP contribution in [0.5, 0.6) is 5.75 Å². The first-order valence-corrected chi connectivity index (χ1v) is 10.1. The summed E-state index contributed by atoms with van der Waals surface area (Å²) >= 11 is 0. The Morgan fingerprint density at radius 3 is 2.70 bits per heavy atom. The summed E-state index contributed by atoms with van der Waals surface area (Å²) in [5, 5.41) is 16.7. The molecule has 0 radical (unpaired) electrons. The molecule has 2 aliphatic rings. The molecule has 0 saturated heterocycles. The fourth-order valence-electron chi connectivity index (χ4n) is 3.41. The van der Waals surface area contributed by atoms with E-state index < -0.39 is 0 Å². The Labute approximate surface area is 180 Å². The summed E-state index contributed by atoms with van der Waals surface area (Å²) < 4.78 is 6.05. The van der Waals surface area contributed by atoms with Crippen molar-refractivity contribution in [3.05, 3.63) is 29.3 Å². The Bertz CT molecular complexity index is 619. The van der Waals surface area contributed by atoms with Crippen LogP contribution in [0, 0.1) is 18.8 Å². The minimum Gasteiger partial charge on any atom is -0.493 e. The Morgan fingerprint density at radius 1 is 1.22 bits per heavy atom. The molecule has 1 aromatic rings. The average Bonchev–Trinajstić information content (AvgIpc) is 3.37. The van der Waals surface area contributed by atoms with Crippen LogP contribution in [0.4, 0.5) is 0 Å². The van der Waals surface area contributed by atoms with Crippen molar-refractivity contribution in [1.29, 1.82) is 0 Å². The number of nitrogens with one attached hydrogen (secondary N) is 2. The van der Waals surface area contributed by atoms with Gasteiger partial charge in [0.2, 0.25) is 0 Å². The van der Waals surface area contributed by atoms with E-state index in [1.54, 1.807) is 0 Å². The number of aliphatic imine (C=N–C) groups is 1. The molecule has 3 N–H and O–H groups in total. The van der Waals surface area contributed by atoms with Crippen LogP contribution in [0.15, 0.2) is 23.2 Å². The predicted octanol–water partition coefficient (Wildman–Crippen LogP) is 3.62. The van der Waals surface area contributed by atoms with Gasteiger partial charge in [-0.2, -0.15) is 0 Å². The first-order chi connectivity index (χ1) is 12.7. The second-order valence-electron chi connectivity index (χ2n) is 7.70. The van der Waals surface area contributed by atoms with E-state index in [-0.39, 0.29) is 30.1 Å². The molecule has 2 unspecified atom stereocenters. The minimum atomic E-state index is -0.176. The Hall–Kier alpha value is -1.02. The van der Waals surface area contributed by atoms with Crippen molar-refractivity contribution in [3.8, 4) is 5.75 Å². The van der Waals surface area contributed by atoms with Crippen LogP contribution in [-0.2, 0) is 6.54 Å². The molecule has 1 aromatic carbocycles. The lowest BCUT2D eigenvalue weighted by atomic mass is 10.1. The maximum absolute atomic E-state index is 9.99. The molecular weight excluding hydrogens is 453 g/mol. The third kappa shape index (κ3) is 7.14. The Kier molecular flexibility index (Phi) is 9.15. The van der Waals surface area contributed by atoms with Crippen molar-refractivity contribution in [2.45, 2.75) is 58.6 Å². The summed E-state index contributed by atoms with van der Waals surface area (Å²) in [6.07, 6.45) is 5.54. The number of aliphatic hydroxyl groups is 1. The van der Waals surface area contributed by atoms with E-state index in [0.29, 0.717) is 12.5 Å². The highest BCUT2D eigenvalue weighted by molar-refractivity contribution is 14.0. The fourth-order valence-corrected chi connectivity index (χ4v) is 3.41. The molecule has 0 heterocycles. The molecule has 0 aliphatic heterocycles. The monoisotopic (exact) mass is 487 g/mol. The molecule has 2 saturated carbocycles. The van der Waals surface area contributed by atoms with Crippen molar-refractivity contribution >= 4 is 29.9 Å². The van der Waals surface area contributed by atoms with Crippen molar-refractivity contribution in [2.75, 3.05) is 19.7 Å². The van der Waals surface area contributed by atoms with E-state index in [9.17, 15) is 5.11 Å². The van der Waals surface area contributed by atoms with Crippen LogP contribution in [0.1, 0.15) is 50.2 Å². The van der Waals surface area contributed by atoms with Gasteiger partial charge in [0.25, 0.3) is 0 Å². The number of hydrogen-bond acceptors (Lipinski definition) is 3. The second kappa shape index (κ2) is 11.1. The highest BCUT2D eigenvalue weighted by atomic mass is 127. The number of rotatable bonds is 8. The highest BCUT2D eigenvalue weighted by Crippen LogP contribution is 2.31. The third-order valence-electron chi connectivity index (χ3n) is 5.30. The van der Waals surface area contributed by atoms with Crippen LogP contribution in [0.25, 0.3) is 0 Å². The number of ether oxygens (including phenoxy) is 1. The quantitative estimate of drug-likeness (QED) is 0.298. The smallest absolute Gasteiger partial charge is 0.191 e. The molecule has 2 fully saturated rings. The zero-order chi connectivity index (χ0) is 18.4. The molecule has 0 aromatic heterocycles. The van der Waals surface area contributed by atoms with Gasteiger partial charge in [-0.15, -0.1) is 24.0 Å². The van der Waals surface area contributed by atoms with E-state index >= 15 is 0 Å². The summed E-state index contributed by atoms with van der Waals surface area (Å²) in [5.41, 5.74) is 2.33. The van der Waals surface area contributed by atoms with Gasteiger partial charge in [0.05, 0.1) is 19.3 Å².